The van der Waals surface area contributed by atoms with Crippen molar-refractivity contribution >= 4 is 0 Å². The third kappa shape index (κ3) is 2.98. The summed E-state index contributed by atoms with van der Waals surface area (Å²) in [7, 11) is 3.43. The monoisotopic (exact) mass is 308 g/mol. The number of hydrogen-bond acceptors (Lipinski definition) is 2. The van der Waals surface area contributed by atoms with Crippen molar-refractivity contribution in [1.82, 2.24) is 0 Å². The summed E-state index contributed by atoms with van der Waals surface area (Å²) in [5.74, 6) is 1.84. The van der Waals surface area contributed by atoms with E-state index < -0.39 is 0 Å². The highest BCUT2D eigenvalue weighted by atomic mass is 16.5. The maximum absolute atomic E-state index is 5.38. The molecule has 0 bridgehead atoms. The molecule has 1 unspecified atom stereocenters. The van der Waals surface area contributed by atoms with Gasteiger partial charge in [0.25, 0.3) is 0 Å². The van der Waals surface area contributed by atoms with Crippen LogP contribution in [0.15, 0.2) is 55.1 Å². The molecule has 1 aliphatic carbocycles. The molecule has 3 rings (SSSR count). The van der Waals surface area contributed by atoms with Crippen molar-refractivity contribution in [1.29, 1.82) is 0 Å². The Morgan fingerprint density at radius 2 is 1.65 bits per heavy atom. The largest absolute Gasteiger partial charge is 0.497 e. The zero-order valence-electron chi connectivity index (χ0n) is 14.0. The first kappa shape index (κ1) is 15.7. The quantitative estimate of drug-likeness (QED) is 0.602. The molecule has 0 radical (unpaired) electrons. The molecule has 0 heterocycles. The standard InChI is InChI=1S/C21H24O2/c1-4-21(18-8-11-19(22-2)12-9-18)13-5-6-16-14-20(23-3)10-7-17(16)15-21/h4,7-12,14H,1,5-6,13,15H2,2-3H3. The first-order chi connectivity index (χ1) is 11.2. The zero-order chi connectivity index (χ0) is 16.3. The van der Waals surface area contributed by atoms with E-state index in [2.05, 4.69) is 43.0 Å². The van der Waals surface area contributed by atoms with Gasteiger partial charge in [0.2, 0.25) is 0 Å². The van der Waals surface area contributed by atoms with Gasteiger partial charge in [-0.05, 0) is 66.6 Å². The van der Waals surface area contributed by atoms with Gasteiger partial charge >= 0.3 is 0 Å². The Kier molecular flexibility index (Phi) is 4.42. The van der Waals surface area contributed by atoms with Crippen LogP contribution in [0.5, 0.6) is 11.5 Å². The molecule has 0 aromatic heterocycles. The summed E-state index contributed by atoms with van der Waals surface area (Å²) in [6.45, 7) is 4.17. The second kappa shape index (κ2) is 6.49. The first-order valence-corrected chi connectivity index (χ1v) is 8.15. The highest BCUT2D eigenvalue weighted by molar-refractivity contribution is 5.43. The predicted molar refractivity (Wildman–Crippen MR) is 94.5 cm³/mol. The summed E-state index contributed by atoms with van der Waals surface area (Å²) in [5.41, 5.74) is 4.11. The number of allylic oxidation sites excluding steroid dienone is 1. The maximum atomic E-state index is 5.38. The fourth-order valence-corrected chi connectivity index (χ4v) is 3.62. The minimum atomic E-state index is -0.00783. The molecule has 0 N–H and O–H groups in total. The summed E-state index contributed by atoms with van der Waals surface area (Å²) < 4.78 is 10.7. The molecule has 120 valence electrons. The molecule has 0 amide bonds. The molecule has 2 aromatic rings. The van der Waals surface area contributed by atoms with Gasteiger partial charge in [-0.2, -0.15) is 0 Å². The third-order valence-corrected chi connectivity index (χ3v) is 5.04. The molecule has 2 heteroatoms. The van der Waals surface area contributed by atoms with Crippen LogP contribution < -0.4 is 9.47 Å². The van der Waals surface area contributed by atoms with Crippen molar-refractivity contribution in [3.05, 3.63) is 71.8 Å². The van der Waals surface area contributed by atoms with E-state index in [-0.39, 0.29) is 5.41 Å². The number of methoxy groups -OCH3 is 2. The van der Waals surface area contributed by atoms with Crippen molar-refractivity contribution in [2.75, 3.05) is 14.2 Å². The summed E-state index contributed by atoms with van der Waals surface area (Å²) in [4.78, 5) is 0. The van der Waals surface area contributed by atoms with Gasteiger partial charge in [0.1, 0.15) is 11.5 Å². The van der Waals surface area contributed by atoms with Crippen LogP contribution in [0.3, 0.4) is 0 Å². The second-order valence-electron chi connectivity index (χ2n) is 6.25. The van der Waals surface area contributed by atoms with Crippen LogP contribution in [-0.2, 0) is 18.3 Å². The van der Waals surface area contributed by atoms with E-state index in [0.717, 1.165) is 37.2 Å². The Morgan fingerprint density at radius 3 is 2.30 bits per heavy atom. The molecule has 0 saturated heterocycles. The Hall–Kier alpha value is -2.22. The van der Waals surface area contributed by atoms with Gasteiger partial charge < -0.3 is 9.47 Å². The van der Waals surface area contributed by atoms with Crippen LogP contribution in [0.4, 0.5) is 0 Å². The molecular formula is C21H24O2. The SMILES string of the molecule is C=CC1(c2ccc(OC)cc2)CCCc2cc(OC)ccc2C1. The van der Waals surface area contributed by atoms with Crippen LogP contribution >= 0.6 is 0 Å². The van der Waals surface area contributed by atoms with Crippen molar-refractivity contribution in [2.24, 2.45) is 0 Å². The molecule has 23 heavy (non-hydrogen) atoms. The number of rotatable bonds is 4. The molecule has 0 saturated carbocycles. The molecule has 1 atom stereocenters. The van der Waals surface area contributed by atoms with Crippen LogP contribution in [0, 0.1) is 0 Å². The molecular weight excluding hydrogens is 284 g/mol. The van der Waals surface area contributed by atoms with Gasteiger partial charge in [0.05, 0.1) is 14.2 Å². The van der Waals surface area contributed by atoms with Gasteiger partial charge in [-0.25, -0.2) is 0 Å². The van der Waals surface area contributed by atoms with Crippen molar-refractivity contribution in [3.8, 4) is 11.5 Å². The van der Waals surface area contributed by atoms with Gasteiger partial charge in [-0.1, -0.05) is 24.3 Å². The highest BCUT2D eigenvalue weighted by Crippen LogP contribution is 2.39. The number of hydrogen-bond donors (Lipinski definition) is 0. The van der Waals surface area contributed by atoms with Gasteiger partial charge in [0.15, 0.2) is 0 Å². The van der Waals surface area contributed by atoms with Crippen molar-refractivity contribution in [3.63, 3.8) is 0 Å². The van der Waals surface area contributed by atoms with E-state index in [0.29, 0.717) is 0 Å². The van der Waals surface area contributed by atoms with Crippen LogP contribution in [0.2, 0.25) is 0 Å². The lowest BCUT2D eigenvalue weighted by atomic mass is 9.73. The van der Waals surface area contributed by atoms with E-state index in [9.17, 15) is 0 Å². The summed E-state index contributed by atoms with van der Waals surface area (Å²) in [6, 6.07) is 14.9. The zero-order valence-corrected chi connectivity index (χ0v) is 14.0. The highest BCUT2D eigenvalue weighted by Gasteiger charge is 2.31. The summed E-state index contributed by atoms with van der Waals surface area (Å²) in [5, 5.41) is 0. The van der Waals surface area contributed by atoms with Gasteiger partial charge in [0, 0.05) is 5.41 Å². The summed E-state index contributed by atoms with van der Waals surface area (Å²) in [6.07, 6.45) is 6.48. The van der Waals surface area contributed by atoms with Crippen molar-refractivity contribution in [2.45, 2.75) is 31.1 Å². The van der Waals surface area contributed by atoms with E-state index >= 15 is 0 Å². The molecule has 0 spiro atoms. The molecule has 0 aliphatic heterocycles. The van der Waals surface area contributed by atoms with E-state index in [1.807, 2.05) is 12.1 Å². The predicted octanol–water partition coefficient (Wildman–Crippen LogP) is 4.71. The fraction of sp³-hybridized carbons (Fsp3) is 0.333. The van der Waals surface area contributed by atoms with Gasteiger partial charge in [-0.15, -0.1) is 6.58 Å². The van der Waals surface area contributed by atoms with Gasteiger partial charge in [-0.3, -0.25) is 0 Å². The summed E-state index contributed by atoms with van der Waals surface area (Å²) >= 11 is 0. The normalized spacial score (nSPS) is 20.3. The molecule has 1 aliphatic rings. The van der Waals surface area contributed by atoms with Crippen LogP contribution in [0.1, 0.15) is 29.5 Å². The Balaban J connectivity index is 1.99. The average molecular weight is 308 g/mol. The lowest BCUT2D eigenvalue weighted by Gasteiger charge is -2.30. The molecule has 2 aromatic carbocycles. The smallest absolute Gasteiger partial charge is 0.119 e. The number of fused-ring (bicyclic) bond motifs is 1. The number of aryl methyl sites for hydroxylation is 1. The van der Waals surface area contributed by atoms with Crippen LogP contribution in [-0.4, -0.2) is 14.2 Å². The average Bonchev–Trinajstić information content (AvgIpc) is 2.81. The lowest BCUT2D eigenvalue weighted by molar-refractivity contribution is 0.413. The van der Waals surface area contributed by atoms with Crippen LogP contribution in [0.25, 0.3) is 0 Å². The number of ether oxygens (including phenoxy) is 2. The van der Waals surface area contributed by atoms with E-state index in [4.69, 9.17) is 9.47 Å². The maximum Gasteiger partial charge on any atom is 0.119 e. The lowest BCUT2D eigenvalue weighted by Crippen LogP contribution is -2.25. The first-order valence-electron chi connectivity index (χ1n) is 8.15. The Morgan fingerprint density at radius 1 is 0.957 bits per heavy atom. The second-order valence-corrected chi connectivity index (χ2v) is 6.25. The molecule has 0 fully saturated rings. The minimum absolute atomic E-state index is 0.00783. The van der Waals surface area contributed by atoms with E-state index in [1.165, 1.54) is 16.7 Å². The third-order valence-electron chi connectivity index (χ3n) is 5.04. The topological polar surface area (TPSA) is 18.5 Å². The van der Waals surface area contributed by atoms with Crippen molar-refractivity contribution < 1.29 is 9.47 Å². The fourth-order valence-electron chi connectivity index (χ4n) is 3.62. The minimum Gasteiger partial charge on any atom is -0.497 e. The van der Waals surface area contributed by atoms with E-state index in [1.54, 1.807) is 14.2 Å². The molecule has 2 nitrogen and oxygen atoms in total. The number of benzene rings is 2. The Bertz CT molecular complexity index is 687. The Labute approximate surface area is 138 Å².